The molecule has 0 spiro atoms. The van der Waals surface area contributed by atoms with Crippen molar-refractivity contribution in [2.24, 2.45) is 11.8 Å². The van der Waals surface area contributed by atoms with Crippen LogP contribution in [0.15, 0.2) is 0 Å². The molecule has 0 aromatic heterocycles. The average Bonchev–Trinajstić information content (AvgIpc) is 2.21. The summed E-state index contributed by atoms with van der Waals surface area (Å²) >= 11 is 0. The molecule has 0 heterocycles. The Hall–Kier alpha value is 1.10. The van der Waals surface area contributed by atoms with Gasteiger partial charge in [0, 0.05) is 32.7 Å². The van der Waals surface area contributed by atoms with Crippen molar-refractivity contribution in [3.8, 4) is 0 Å². The van der Waals surface area contributed by atoms with Gasteiger partial charge in [-0.1, -0.05) is 82.1 Å². The Morgan fingerprint density at radius 2 is 1.00 bits per heavy atom. The molecule has 1 aliphatic rings. The van der Waals surface area contributed by atoms with Gasteiger partial charge in [0.2, 0.25) is 0 Å². The maximum atomic E-state index is 2.31. The van der Waals surface area contributed by atoms with Gasteiger partial charge < -0.3 is 6.42 Å². The Morgan fingerprint density at radius 1 is 0.889 bits per heavy atom. The second kappa shape index (κ2) is 43.0. The van der Waals surface area contributed by atoms with Crippen molar-refractivity contribution in [1.29, 1.82) is 0 Å². The molecule has 1 aliphatic carbocycles. The zero-order chi connectivity index (χ0) is 14.0. The number of hydrogen-bond donors (Lipinski definition) is 0. The summed E-state index contributed by atoms with van der Waals surface area (Å²) in [6, 6.07) is 0. The van der Waals surface area contributed by atoms with E-state index >= 15 is 0 Å². The van der Waals surface area contributed by atoms with E-state index in [1.165, 1.54) is 19.3 Å². The van der Waals surface area contributed by atoms with E-state index in [0.717, 1.165) is 11.8 Å². The molecule has 1 saturated carbocycles. The second-order valence-corrected chi connectivity index (χ2v) is 4.35. The Bertz CT molecular complexity index is 63.3. The molecule has 0 aromatic rings. The van der Waals surface area contributed by atoms with E-state index in [0.29, 0.717) is 0 Å². The van der Waals surface area contributed by atoms with Gasteiger partial charge in [0.05, 0.1) is 0 Å². The van der Waals surface area contributed by atoms with Gasteiger partial charge >= 0.3 is 0 Å². The molecule has 0 N–H and O–H groups in total. The van der Waals surface area contributed by atoms with Gasteiger partial charge in [-0.15, -0.1) is 0 Å². The van der Waals surface area contributed by atoms with E-state index in [-0.39, 0.29) is 40.1 Å². The summed E-state index contributed by atoms with van der Waals surface area (Å²) in [7, 11) is 0. The third kappa shape index (κ3) is 87.9. The molecule has 0 nitrogen and oxygen atoms in total. The molecule has 18 heavy (non-hydrogen) atoms. The average molecular weight is 336 g/mol. The van der Waals surface area contributed by atoms with Crippen LogP contribution in [0.2, 0.25) is 0 Å². The van der Waals surface area contributed by atoms with Crippen LogP contribution in [-0.2, 0) is 32.7 Å². The molecule has 0 aromatic carbocycles. The van der Waals surface area contributed by atoms with Crippen LogP contribution in [0.5, 0.6) is 0 Å². The normalized spacial score (nSPS) is 10.8. The molecule has 0 amide bonds. The first kappa shape index (κ1) is 36.5. The minimum atomic E-state index is 0. The molecule has 1 fully saturated rings. The van der Waals surface area contributed by atoms with Gasteiger partial charge in [0.1, 0.15) is 0 Å². The Morgan fingerprint density at radius 3 is 1.00 bits per heavy atom. The summed E-state index contributed by atoms with van der Waals surface area (Å²) < 4.78 is 0. The largest absolute Gasteiger partial charge is 0.335 e. The van der Waals surface area contributed by atoms with Crippen LogP contribution < -0.4 is 0 Å². The summed E-state index contributed by atoms with van der Waals surface area (Å²) in [6.45, 7) is 20.8. The fourth-order valence-electron chi connectivity index (χ4n) is 0.612. The Labute approximate surface area is 146 Å². The summed E-state index contributed by atoms with van der Waals surface area (Å²) in [5.41, 5.74) is 0. The number of hydrogen-bond acceptors (Lipinski definition) is 0. The number of rotatable bonds is 0. The summed E-state index contributed by atoms with van der Waals surface area (Å²) in [6.07, 6.45) is 6.46. The fraction of sp³-hybridized carbons (Fsp3) is 0.941. The second-order valence-electron chi connectivity index (χ2n) is 4.35. The molecule has 0 atom stereocenters. The zero-order valence-corrected chi connectivity index (χ0v) is 17.3. The quantitative estimate of drug-likeness (QED) is 0.405. The van der Waals surface area contributed by atoms with Crippen LogP contribution in [0.1, 0.15) is 95.9 Å². The van der Waals surface area contributed by atoms with Crippen LogP contribution in [0.25, 0.3) is 0 Å². The third-order valence-corrected chi connectivity index (χ3v) is 1.39. The topological polar surface area (TPSA) is 0 Å². The van der Waals surface area contributed by atoms with Gasteiger partial charge in [-0.3, -0.25) is 0 Å². The summed E-state index contributed by atoms with van der Waals surface area (Å²) in [4.78, 5) is 0. The molecular formula is C17H43Y-. The molecule has 1 heteroatoms. The third-order valence-electron chi connectivity index (χ3n) is 1.39. The van der Waals surface area contributed by atoms with Crippen LogP contribution in [-0.4, -0.2) is 0 Å². The first-order chi connectivity index (χ1) is 7.54. The van der Waals surface area contributed by atoms with Crippen molar-refractivity contribution in [2.75, 3.05) is 0 Å². The van der Waals surface area contributed by atoms with E-state index in [1.807, 2.05) is 48.0 Å². The van der Waals surface area contributed by atoms with Crippen molar-refractivity contribution in [3.05, 3.63) is 6.42 Å². The zero-order valence-electron chi connectivity index (χ0n) is 14.4. The van der Waals surface area contributed by atoms with Crippen molar-refractivity contribution >= 4 is 0 Å². The first-order valence-electron chi connectivity index (χ1n) is 7.28. The van der Waals surface area contributed by atoms with Crippen molar-refractivity contribution in [3.63, 3.8) is 0 Å². The molecule has 115 valence electrons. The van der Waals surface area contributed by atoms with Crippen molar-refractivity contribution in [1.82, 2.24) is 0 Å². The van der Waals surface area contributed by atoms with E-state index in [4.69, 9.17) is 0 Å². The van der Waals surface area contributed by atoms with Gasteiger partial charge in [0.25, 0.3) is 0 Å². The Kier molecular flexibility index (Phi) is 87.0. The van der Waals surface area contributed by atoms with Crippen LogP contribution in [0.3, 0.4) is 0 Å². The minimum absolute atomic E-state index is 0. The van der Waals surface area contributed by atoms with E-state index in [1.54, 1.807) is 0 Å². The maximum absolute atomic E-state index is 2.31. The van der Waals surface area contributed by atoms with E-state index < -0.39 is 0 Å². The van der Waals surface area contributed by atoms with Gasteiger partial charge in [0.15, 0.2) is 0 Å². The molecule has 0 saturated heterocycles. The molecule has 0 aliphatic heterocycles. The van der Waals surface area contributed by atoms with Crippen LogP contribution >= 0.6 is 0 Å². The predicted molar refractivity (Wildman–Crippen MR) is 88.6 cm³/mol. The molecule has 1 radical (unpaired) electrons. The molecule has 1 rings (SSSR count). The SMILES string of the molecule is C.CC.CC.CC(C)C.CC1CCC1.C[CH-]C.[Y]. The van der Waals surface area contributed by atoms with Gasteiger partial charge in [-0.25, -0.2) is 0 Å². The maximum Gasteiger partial charge on any atom is 0 e. The minimum Gasteiger partial charge on any atom is -0.335 e. The van der Waals surface area contributed by atoms with Crippen molar-refractivity contribution in [2.45, 2.75) is 95.9 Å². The van der Waals surface area contributed by atoms with E-state index in [2.05, 4.69) is 27.7 Å². The fourth-order valence-corrected chi connectivity index (χ4v) is 0.612. The van der Waals surface area contributed by atoms with Gasteiger partial charge in [-0.2, -0.15) is 13.8 Å². The molecule has 0 unspecified atom stereocenters. The predicted octanol–water partition coefficient (Wildman–Crippen LogP) is 7.39. The van der Waals surface area contributed by atoms with Crippen LogP contribution in [0.4, 0.5) is 0 Å². The van der Waals surface area contributed by atoms with Crippen molar-refractivity contribution < 1.29 is 32.7 Å². The molecular weight excluding hydrogens is 293 g/mol. The first-order valence-corrected chi connectivity index (χ1v) is 7.28. The Balaban J connectivity index is -0.0000000257. The monoisotopic (exact) mass is 336 g/mol. The summed E-state index contributed by atoms with van der Waals surface area (Å²) in [5.74, 6) is 1.90. The standard InChI is InChI=1S/C5H10.C4H10.C3H7.2C2H6.CH4.Y/c1-5-3-2-4-5;1-4(2)3;1-3-2;2*1-2;;/h5H,2-4H2,1H3;4H,1-3H3;3H,1-2H3;2*1-2H3;1H4;/q;;-1;;;;. The van der Waals surface area contributed by atoms with Crippen LogP contribution in [0, 0.1) is 18.3 Å². The molecule has 0 bridgehead atoms. The summed E-state index contributed by atoms with van der Waals surface area (Å²) in [5, 5.41) is 0. The van der Waals surface area contributed by atoms with E-state index in [9.17, 15) is 0 Å². The smallest absolute Gasteiger partial charge is 0 e. The van der Waals surface area contributed by atoms with Gasteiger partial charge in [-0.05, 0) is 11.8 Å².